The van der Waals surface area contributed by atoms with Gasteiger partial charge < -0.3 is 10.2 Å². The largest absolute Gasteiger partial charge is 0.341 e. The standard InChI is InChI=1S/C17H17F3N4O/c1-9-15(10(2)22-17(21-9)24-7-3-4-8-24)23-16(25)11-5-6-12(18)14(20)13(11)19/h5-6H,3-4,7-8H2,1-2H3,(H,23,25). The van der Waals surface area contributed by atoms with Crippen LogP contribution in [0.1, 0.15) is 34.6 Å². The van der Waals surface area contributed by atoms with Gasteiger partial charge in [0.15, 0.2) is 17.5 Å². The van der Waals surface area contributed by atoms with Gasteiger partial charge in [0, 0.05) is 13.1 Å². The SMILES string of the molecule is Cc1nc(N2CCCC2)nc(C)c1NC(=O)c1ccc(F)c(F)c1F. The average molecular weight is 350 g/mol. The van der Waals surface area contributed by atoms with Gasteiger partial charge in [-0.25, -0.2) is 23.1 Å². The summed E-state index contributed by atoms with van der Waals surface area (Å²) in [5, 5.41) is 2.49. The molecule has 5 nitrogen and oxygen atoms in total. The molecule has 8 heteroatoms. The molecule has 1 aromatic carbocycles. The number of benzene rings is 1. The number of rotatable bonds is 3. The first kappa shape index (κ1) is 17.2. The van der Waals surface area contributed by atoms with E-state index in [2.05, 4.69) is 20.2 Å². The van der Waals surface area contributed by atoms with Gasteiger partial charge in [-0.2, -0.15) is 0 Å². The molecule has 0 saturated carbocycles. The third-order valence-electron chi connectivity index (χ3n) is 4.17. The Bertz CT molecular complexity index is 812. The molecule has 2 aromatic rings. The first-order valence-electron chi connectivity index (χ1n) is 7.93. The molecule has 132 valence electrons. The molecule has 0 aliphatic carbocycles. The summed E-state index contributed by atoms with van der Waals surface area (Å²) in [6, 6.07) is 1.60. The van der Waals surface area contributed by atoms with Crippen LogP contribution in [0, 0.1) is 31.3 Å². The van der Waals surface area contributed by atoms with Gasteiger partial charge in [-0.3, -0.25) is 4.79 Å². The van der Waals surface area contributed by atoms with Crippen molar-refractivity contribution in [2.24, 2.45) is 0 Å². The van der Waals surface area contributed by atoms with Crippen molar-refractivity contribution in [3.05, 3.63) is 46.5 Å². The molecule has 1 aromatic heterocycles. The van der Waals surface area contributed by atoms with Crippen molar-refractivity contribution >= 4 is 17.5 Å². The van der Waals surface area contributed by atoms with E-state index in [1.54, 1.807) is 13.8 Å². The van der Waals surface area contributed by atoms with E-state index >= 15 is 0 Å². The summed E-state index contributed by atoms with van der Waals surface area (Å²) >= 11 is 0. The average Bonchev–Trinajstić information content (AvgIpc) is 3.10. The Morgan fingerprint density at radius 1 is 1.04 bits per heavy atom. The van der Waals surface area contributed by atoms with Crippen LogP contribution in [-0.4, -0.2) is 29.0 Å². The fourth-order valence-corrected chi connectivity index (χ4v) is 2.82. The molecule has 25 heavy (non-hydrogen) atoms. The van der Waals surface area contributed by atoms with E-state index in [-0.39, 0.29) is 0 Å². The Morgan fingerprint density at radius 2 is 1.64 bits per heavy atom. The fraction of sp³-hybridized carbons (Fsp3) is 0.353. The summed E-state index contributed by atoms with van der Waals surface area (Å²) in [5.41, 5.74) is 0.787. The van der Waals surface area contributed by atoms with Crippen molar-refractivity contribution in [2.45, 2.75) is 26.7 Å². The van der Waals surface area contributed by atoms with Crippen LogP contribution in [0.5, 0.6) is 0 Å². The molecule has 2 heterocycles. The minimum Gasteiger partial charge on any atom is -0.341 e. The number of nitrogens with one attached hydrogen (secondary N) is 1. The summed E-state index contributed by atoms with van der Waals surface area (Å²) < 4.78 is 40.1. The van der Waals surface area contributed by atoms with E-state index in [0.29, 0.717) is 29.1 Å². The summed E-state index contributed by atoms with van der Waals surface area (Å²) in [7, 11) is 0. The maximum absolute atomic E-state index is 13.8. The predicted molar refractivity (Wildman–Crippen MR) is 87.2 cm³/mol. The lowest BCUT2D eigenvalue weighted by atomic mass is 10.1. The van der Waals surface area contributed by atoms with Gasteiger partial charge in [-0.1, -0.05) is 0 Å². The van der Waals surface area contributed by atoms with Gasteiger partial charge in [0.25, 0.3) is 5.91 Å². The highest BCUT2D eigenvalue weighted by atomic mass is 19.2. The molecule has 0 bridgehead atoms. The van der Waals surface area contributed by atoms with Gasteiger partial charge >= 0.3 is 0 Å². The van der Waals surface area contributed by atoms with E-state index in [0.717, 1.165) is 32.0 Å². The van der Waals surface area contributed by atoms with Gasteiger partial charge in [0.1, 0.15) is 0 Å². The van der Waals surface area contributed by atoms with Crippen LogP contribution in [0.4, 0.5) is 24.8 Å². The van der Waals surface area contributed by atoms with Gasteiger partial charge in [-0.15, -0.1) is 0 Å². The van der Waals surface area contributed by atoms with E-state index in [4.69, 9.17) is 0 Å². The Kier molecular flexibility index (Phi) is 4.61. The molecule has 1 saturated heterocycles. The number of carbonyl (C=O) groups excluding carboxylic acids is 1. The van der Waals surface area contributed by atoms with Crippen molar-refractivity contribution in [1.29, 1.82) is 0 Å². The van der Waals surface area contributed by atoms with E-state index in [9.17, 15) is 18.0 Å². The lowest BCUT2D eigenvalue weighted by molar-refractivity contribution is 0.102. The molecule has 0 radical (unpaired) electrons. The second-order valence-corrected chi connectivity index (χ2v) is 5.94. The lowest BCUT2D eigenvalue weighted by Crippen LogP contribution is -2.23. The van der Waals surface area contributed by atoms with Crippen molar-refractivity contribution in [1.82, 2.24) is 9.97 Å². The maximum Gasteiger partial charge on any atom is 0.258 e. The number of anilines is 2. The highest BCUT2D eigenvalue weighted by Gasteiger charge is 2.22. The molecular weight excluding hydrogens is 333 g/mol. The quantitative estimate of drug-likeness (QED) is 0.863. The lowest BCUT2D eigenvalue weighted by Gasteiger charge is -2.18. The zero-order valence-electron chi connectivity index (χ0n) is 13.9. The minimum absolute atomic E-state index is 0.331. The van der Waals surface area contributed by atoms with Gasteiger partial charge in [0.05, 0.1) is 22.6 Å². The molecular formula is C17H17F3N4O. The zero-order chi connectivity index (χ0) is 18.1. The second kappa shape index (κ2) is 6.70. The summed E-state index contributed by atoms with van der Waals surface area (Å²) in [6.07, 6.45) is 2.16. The molecule has 0 unspecified atom stereocenters. The van der Waals surface area contributed by atoms with Crippen molar-refractivity contribution in [2.75, 3.05) is 23.3 Å². The van der Waals surface area contributed by atoms with Crippen molar-refractivity contribution in [3.63, 3.8) is 0 Å². The van der Waals surface area contributed by atoms with Crippen LogP contribution >= 0.6 is 0 Å². The summed E-state index contributed by atoms with van der Waals surface area (Å²) in [6.45, 7) is 5.16. The minimum atomic E-state index is -1.68. The van der Waals surface area contributed by atoms with Crippen molar-refractivity contribution < 1.29 is 18.0 Å². The number of aromatic nitrogens is 2. The molecule has 1 N–H and O–H groups in total. The van der Waals surface area contributed by atoms with E-state index in [1.165, 1.54) is 0 Å². The Morgan fingerprint density at radius 3 is 2.24 bits per heavy atom. The van der Waals surface area contributed by atoms with Crippen molar-refractivity contribution in [3.8, 4) is 0 Å². The van der Waals surface area contributed by atoms with E-state index < -0.39 is 28.9 Å². The van der Waals surface area contributed by atoms with Crippen LogP contribution in [0.25, 0.3) is 0 Å². The fourth-order valence-electron chi connectivity index (χ4n) is 2.82. The Labute approximate surface area is 142 Å². The highest BCUT2D eigenvalue weighted by Crippen LogP contribution is 2.24. The highest BCUT2D eigenvalue weighted by molar-refractivity contribution is 6.05. The summed E-state index contributed by atoms with van der Waals surface area (Å²) in [5.74, 6) is -4.85. The monoisotopic (exact) mass is 350 g/mol. The molecule has 3 rings (SSSR count). The maximum atomic E-state index is 13.8. The number of hydrogen-bond donors (Lipinski definition) is 1. The summed E-state index contributed by atoms with van der Waals surface area (Å²) in [4.78, 5) is 23.1. The Hall–Kier alpha value is -2.64. The number of aryl methyl sites for hydroxylation is 2. The number of hydrogen-bond acceptors (Lipinski definition) is 4. The van der Waals surface area contributed by atoms with Crippen LogP contribution in [-0.2, 0) is 0 Å². The molecule has 1 amide bonds. The molecule has 0 atom stereocenters. The first-order chi connectivity index (χ1) is 11.9. The molecule has 1 fully saturated rings. The number of nitrogens with zero attached hydrogens (tertiary/aromatic N) is 3. The topological polar surface area (TPSA) is 58.1 Å². The van der Waals surface area contributed by atoms with Gasteiger partial charge in [0.2, 0.25) is 5.95 Å². The second-order valence-electron chi connectivity index (χ2n) is 5.94. The van der Waals surface area contributed by atoms with Gasteiger partial charge in [-0.05, 0) is 38.8 Å². The van der Waals surface area contributed by atoms with Crippen LogP contribution in [0.2, 0.25) is 0 Å². The number of carbonyl (C=O) groups is 1. The first-order valence-corrected chi connectivity index (χ1v) is 7.93. The molecule has 1 aliphatic rings. The van der Waals surface area contributed by atoms with Crippen LogP contribution in [0.3, 0.4) is 0 Å². The molecule has 0 spiro atoms. The zero-order valence-corrected chi connectivity index (χ0v) is 13.9. The number of amides is 1. The number of halogens is 3. The predicted octanol–water partition coefficient (Wildman–Crippen LogP) is 3.36. The van der Waals surface area contributed by atoms with E-state index in [1.807, 2.05) is 0 Å². The third-order valence-corrected chi connectivity index (χ3v) is 4.17. The normalized spacial score (nSPS) is 14.0. The smallest absolute Gasteiger partial charge is 0.258 e. The van der Waals surface area contributed by atoms with Crippen LogP contribution in [0.15, 0.2) is 12.1 Å². The van der Waals surface area contributed by atoms with Crippen LogP contribution < -0.4 is 10.2 Å². The third kappa shape index (κ3) is 3.29. The Balaban J connectivity index is 1.88. The molecule has 1 aliphatic heterocycles.